The Morgan fingerprint density at radius 3 is 1.09 bits per heavy atom. The highest BCUT2D eigenvalue weighted by Gasteiger charge is 2.53. The summed E-state index contributed by atoms with van der Waals surface area (Å²) in [5.74, 6) is -1.91. The normalized spacial score (nSPS) is 19.6. The van der Waals surface area contributed by atoms with Crippen molar-refractivity contribution in [1.82, 2.24) is 0 Å². The van der Waals surface area contributed by atoms with Gasteiger partial charge in [-0.15, -0.1) is 0 Å². The van der Waals surface area contributed by atoms with Crippen LogP contribution in [0, 0.1) is 0 Å². The van der Waals surface area contributed by atoms with Gasteiger partial charge >= 0.3 is 0 Å². The molecule has 0 aliphatic heterocycles. The molecule has 2 unspecified atom stereocenters. The highest BCUT2D eigenvalue weighted by Crippen LogP contribution is 2.59. The second kappa shape index (κ2) is 10.9. The van der Waals surface area contributed by atoms with E-state index in [1.807, 2.05) is 57.1 Å². The van der Waals surface area contributed by atoms with Gasteiger partial charge in [-0.25, -0.2) is 0 Å². The van der Waals surface area contributed by atoms with Crippen molar-refractivity contribution in [3.8, 4) is 23.0 Å². The van der Waals surface area contributed by atoms with Gasteiger partial charge in [-0.1, -0.05) is 48.5 Å². The Hall–Kier alpha value is -4.92. The van der Waals surface area contributed by atoms with Crippen molar-refractivity contribution in [3.05, 3.63) is 83.9 Å². The lowest BCUT2D eigenvalue weighted by Crippen LogP contribution is -2.52. The van der Waals surface area contributed by atoms with Crippen molar-refractivity contribution < 1.29 is 30.6 Å². The molecule has 1 saturated carbocycles. The zero-order chi connectivity index (χ0) is 32.6. The number of anilines is 2. The summed E-state index contributed by atoms with van der Waals surface area (Å²) >= 11 is 0. The Morgan fingerprint density at radius 2 is 0.804 bits per heavy atom. The third-order valence-corrected chi connectivity index (χ3v) is 9.93. The fourth-order valence-electron chi connectivity index (χ4n) is 8.04. The molecule has 2 atom stereocenters. The number of benzene rings is 6. The zero-order valence-electron chi connectivity index (χ0n) is 26.2. The number of fused-ring (bicyclic) bond motifs is 4. The first kappa shape index (κ1) is 29.8. The molecule has 236 valence electrons. The fraction of sp³-hybridized carbons (Fsp3) is 0.263. The van der Waals surface area contributed by atoms with Crippen LogP contribution >= 0.6 is 0 Å². The van der Waals surface area contributed by atoms with Crippen molar-refractivity contribution in [3.63, 3.8) is 0 Å². The van der Waals surface area contributed by atoms with Gasteiger partial charge in [0.05, 0.1) is 23.6 Å². The van der Waals surface area contributed by atoms with Crippen LogP contribution in [0.1, 0.15) is 36.8 Å². The molecule has 46 heavy (non-hydrogen) atoms. The molecule has 6 aromatic carbocycles. The number of rotatable bonds is 6. The van der Waals surface area contributed by atoms with E-state index in [0.717, 1.165) is 32.9 Å². The molecule has 0 saturated heterocycles. The second-order valence-corrected chi connectivity index (χ2v) is 12.4. The van der Waals surface area contributed by atoms with Crippen molar-refractivity contribution in [2.24, 2.45) is 0 Å². The van der Waals surface area contributed by atoms with Gasteiger partial charge in [-0.05, 0) is 49.2 Å². The second-order valence-electron chi connectivity index (χ2n) is 12.4. The van der Waals surface area contributed by atoms with Crippen LogP contribution in [0.15, 0.2) is 72.8 Å². The maximum Gasteiger partial charge on any atom is 0.123 e. The van der Waals surface area contributed by atoms with Gasteiger partial charge in [0.2, 0.25) is 0 Å². The molecule has 8 heteroatoms. The summed E-state index contributed by atoms with van der Waals surface area (Å²) in [5.41, 5.74) is 2.56. The van der Waals surface area contributed by atoms with Crippen molar-refractivity contribution in [2.75, 3.05) is 37.0 Å². The summed E-state index contributed by atoms with van der Waals surface area (Å²) in [6, 6.07) is 20.9. The Bertz CT molecular complexity index is 2040. The van der Waals surface area contributed by atoms with E-state index < -0.39 is 24.0 Å². The van der Waals surface area contributed by atoms with Gasteiger partial charge < -0.3 is 40.4 Å². The van der Waals surface area contributed by atoms with Crippen LogP contribution in [0.4, 0.5) is 11.4 Å². The summed E-state index contributed by atoms with van der Waals surface area (Å²) in [4.78, 5) is 4.09. The van der Waals surface area contributed by atoms with Gasteiger partial charge in [0.25, 0.3) is 0 Å². The van der Waals surface area contributed by atoms with Crippen LogP contribution < -0.4 is 9.80 Å². The fourth-order valence-corrected chi connectivity index (χ4v) is 8.04. The number of nitrogens with zero attached hydrogens (tertiary/aromatic N) is 2. The number of hydrogen-bond acceptors (Lipinski definition) is 8. The largest absolute Gasteiger partial charge is 0.507 e. The zero-order valence-corrected chi connectivity index (χ0v) is 26.2. The highest BCUT2D eigenvalue weighted by molar-refractivity contribution is 6.19. The average molecular weight is 619 g/mol. The topological polar surface area (TPSA) is 128 Å². The summed E-state index contributed by atoms with van der Waals surface area (Å²) < 4.78 is 0. The molecule has 0 amide bonds. The first-order chi connectivity index (χ1) is 22.1. The van der Waals surface area contributed by atoms with E-state index in [2.05, 4.69) is 4.90 Å². The molecule has 1 aliphatic rings. The number of aromatic hydroxyl groups is 4. The SMILES string of the molecule is CCN(CC)c1c2cccc(O)c2c(C2C(O)C(c3c4c(O)cccc4c(N(C)C)c4cccc(O)c34)C2O)c2c(O)cccc12. The summed E-state index contributed by atoms with van der Waals surface area (Å²) in [7, 11) is 3.78. The summed E-state index contributed by atoms with van der Waals surface area (Å²) in [6.45, 7) is 5.48. The van der Waals surface area contributed by atoms with E-state index in [4.69, 9.17) is 0 Å². The predicted molar refractivity (Wildman–Crippen MR) is 185 cm³/mol. The Kier molecular flexibility index (Phi) is 7.03. The van der Waals surface area contributed by atoms with Gasteiger partial charge in [-0.2, -0.15) is 0 Å². The molecule has 1 fully saturated rings. The van der Waals surface area contributed by atoms with Crippen LogP contribution in [-0.2, 0) is 0 Å². The van der Waals surface area contributed by atoms with Crippen LogP contribution in [-0.4, -0.2) is 70.0 Å². The molecule has 0 radical (unpaired) electrons. The molecular weight excluding hydrogens is 580 g/mol. The van der Waals surface area contributed by atoms with E-state index in [-0.39, 0.29) is 23.0 Å². The number of aliphatic hydroxyl groups excluding tert-OH is 2. The van der Waals surface area contributed by atoms with Gasteiger partial charge in [-0.3, -0.25) is 0 Å². The van der Waals surface area contributed by atoms with E-state index in [1.54, 1.807) is 48.5 Å². The summed E-state index contributed by atoms with van der Waals surface area (Å²) in [6.07, 6.45) is -2.40. The summed E-state index contributed by atoms with van der Waals surface area (Å²) in [5, 5.41) is 74.5. The Balaban J connectivity index is 1.54. The Labute approximate surface area is 266 Å². The van der Waals surface area contributed by atoms with Crippen LogP contribution in [0.25, 0.3) is 43.1 Å². The third kappa shape index (κ3) is 4.00. The van der Waals surface area contributed by atoms with Crippen molar-refractivity contribution in [1.29, 1.82) is 0 Å². The molecule has 1 aliphatic carbocycles. The van der Waals surface area contributed by atoms with Crippen molar-refractivity contribution in [2.45, 2.75) is 37.9 Å². The van der Waals surface area contributed by atoms with E-state index >= 15 is 0 Å². The monoisotopic (exact) mass is 618 g/mol. The predicted octanol–water partition coefficient (Wildman–Crippen LogP) is 6.64. The smallest absolute Gasteiger partial charge is 0.123 e. The lowest BCUT2D eigenvalue weighted by Gasteiger charge is -2.48. The molecule has 0 aromatic heterocycles. The molecule has 6 aromatic rings. The van der Waals surface area contributed by atoms with E-state index in [1.165, 1.54) is 0 Å². The van der Waals surface area contributed by atoms with E-state index in [9.17, 15) is 30.6 Å². The number of aliphatic hydroxyl groups is 2. The lowest BCUT2D eigenvalue weighted by molar-refractivity contribution is -0.0766. The average Bonchev–Trinajstić information content (AvgIpc) is 3.02. The van der Waals surface area contributed by atoms with Gasteiger partial charge in [0, 0.05) is 82.1 Å². The van der Waals surface area contributed by atoms with Gasteiger partial charge in [0.15, 0.2) is 0 Å². The molecular formula is C38H38N2O6. The molecule has 7 rings (SSSR count). The van der Waals surface area contributed by atoms with Crippen LogP contribution in [0.5, 0.6) is 23.0 Å². The van der Waals surface area contributed by atoms with Crippen molar-refractivity contribution >= 4 is 54.5 Å². The number of hydrogen-bond donors (Lipinski definition) is 6. The standard InChI is InChI=1S/C38H38N2O6/c1-5-40(6-2)36-21-13-9-17-25(43)29(21)32(30-22(36)14-10-18-26(30)44)34-37(45)33(38(34)46)31-27-19(11-7-15-23(27)41)35(39(3)4)20-12-8-16-24(42)28(20)31/h7-18,33-34,37-38,41-46H,5-6H2,1-4H3. The quantitative estimate of drug-likeness (QED) is 0.115. The maximum atomic E-state index is 12.2. The first-order valence-corrected chi connectivity index (χ1v) is 15.7. The highest BCUT2D eigenvalue weighted by atomic mass is 16.3. The van der Waals surface area contributed by atoms with Crippen LogP contribution in [0.3, 0.4) is 0 Å². The molecule has 0 spiro atoms. The minimum Gasteiger partial charge on any atom is -0.507 e. The Morgan fingerprint density at radius 1 is 0.500 bits per heavy atom. The molecule has 6 N–H and O–H groups in total. The minimum absolute atomic E-state index is 0.0181. The van der Waals surface area contributed by atoms with Crippen LogP contribution in [0.2, 0.25) is 0 Å². The number of phenols is 4. The lowest BCUT2D eigenvalue weighted by atomic mass is 9.60. The molecule has 0 heterocycles. The maximum absolute atomic E-state index is 12.2. The first-order valence-electron chi connectivity index (χ1n) is 15.7. The van der Waals surface area contributed by atoms with Gasteiger partial charge in [0.1, 0.15) is 23.0 Å². The number of phenolic OH excluding ortho intramolecular Hbond substituents is 4. The van der Waals surface area contributed by atoms with E-state index in [0.29, 0.717) is 45.8 Å². The third-order valence-electron chi connectivity index (χ3n) is 9.93. The molecule has 8 nitrogen and oxygen atoms in total. The minimum atomic E-state index is -1.20. The molecule has 0 bridgehead atoms.